The fourth-order valence-corrected chi connectivity index (χ4v) is 5.95. The van der Waals surface area contributed by atoms with E-state index in [-0.39, 0.29) is 31.5 Å². The summed E-state index contributed by atoms with van der Waals surface area (Å²) in [6.07, 6.45) is -3.21. The van der Waals surface area contributed by atoms with Crippen molar-refractivity contribution in [1.82, 2.24) is 19.8 Å². The van der Waals surface area contributed by atoms with E-state index in [9.17, 15) is 24.1 Å². The van der Waals surface area contributed by atoms with E-state index in [0.29, 0.717) is 13.1 Å². The minimum absolute atomic E-state index is 0.0413. The number of aliphatic hydroxyl groups is 1. The third-order valence-electron chi connectivity index (χ3n) is 5.68. The molecule has 0 aliphatic carbocycles. The second-order valence-corrected chi connectivity index (χ2v) is 11.1. The van der Waals surface area contributed by atoms with Gasteiger partial charge in [0, 0.05) is 24.8 Å². The van der Waals surface area contributed by atoms with Crippen LogP contribution in [-0.4, -0.2) is 96.9 Å². The molecule has 1 amide bonds. The maximum Gasteiger partial charge on any atom is 0.331 e. The molecule has 0 aromatic carbocycles. The third-order valence-corrected chi connectivity index (χ3v) is 8.01. The molecule has 14 heteroatoms. The lowest BCUT2D eigenvalue weighted by molar-refractivity contribution is -0.133. The highest BCUT2D eigenvalue weighted by atomic mass is 31.2. The molecular weight excluding hydrogens is 495 g/mol. The number of aryl methyl sites for hydroxylation is 1. The summed E-state index contributed by atoms with van der Waals surface area (Å²) in [4.78, 5) is 40.8. The van der Waals surface area contributed by atoms with Crippen molar-refractivity contribution in [2.45, 2.75) is 52.2 Å². The first-order valence-electron chi connectivity index (χ1n) is 12.0. The zero-order chi connectivity index (χ0) is 27.0. The smallest absolute Gasteiger partial charge is 0.331 e. The maximum absolute atomic E-state index is 13.1. The van der Waals surface area contributed by atoms with Crippen LogP contribution in [0.3, 0.4) is 0 Å². The van der Waals surface area contributed by atoms with Crippen LogP contribution in [0.1, 0.15) is 32.6 Å². The predicted molar refractivity (Wildman–Crippen MR) is 132 cm³/mol. The van der Waals surface area contributed by atoms with Crippen molar-refractivity contribution in [2.75, 3.05) is 53.2 Å². The molecule has 0 saturated carbocycles. The van der Waals surface area contributed by atoms with E-state index in [0.717, 1.165) is 4.57 Å². The molecule has 36 heavy (non-hydrogen) atoms. The highest BCUT2D eigenvalue weighted by Gasteiger charge is 2.49. The summed E-state index contributed by atoms with van der Waals surface area (Å²) < 4.78 is 36.7. The minimum Gasteiger partial charge on any atom is -0.387 e. The second-order valence-electron chi connectivity index (χ2n) is 9.00. The number of likely N-dealkylation sites (N-methyl/N-ethyl adjacent to an activating group) is 1. The van der Waals surface area contributed by atoms with E-state index in [1.807, 2.05) is 19.0 Å². The van der Waals surface area contributed by atoms with E-state index < -0.39 is 55.2 Å². The molecule has 1 fully saturated rings. The second kappa shape index (κ2) is 13.6. The average molecular weight is 535 g/mol. The van der Waals surface area contributed by atoms with Gasteiger partial charge in [-0.05, 0) is 40.8 Å². The number of carbonyl (C=O) groups is 1. The van der Waals surface area contributed by atoms with Crippen LogP contribution in [-0.2, 0) is 27.9 Å². The molecule has 1 aliphatic heterocycles. The van der Waals surface area contributed by atoms with Crippen molar-refractivity contribution in [3.63, 3.8) is 0 Å². The molecule has 0 bridgehead atoms. The Kier molecular flexibility index (Phi) is 11.5. The lowest BCUT2D eigenvalue weighted by Crippen LogP contribution is -2.42. The van der Waals surface area contributed by atoms with Crippen LogP contribution in [0.5, 0.6) is 0 Å². The molecule has 13 nitrogen and oxygen atoms in total. The molecule has 0 spiro atoms. The maximum atomic E-state index is 13.1. The number of nitrogens with one attached hydrogen (secondary N) is 2. The van der Waals surface area contributed by atoms with Crippen molar-refractivity contribution in [2.24, 2.45) is 5.92 Å². The Balaban J connectivity index is 2.27. The van der Waals surface area contributed by atoms with Gasteiger partial charge < -0.3 is 33.8 Å². The van der Waals surface area contributed by atoms with E-state index in [2.05, 4.69) is 10.3 Å². The Morgan fingerprint density at radius 1 is 1.31 bits per heavy atom. The van der Waals surface area contributed by atoms with Crippen molar-refractivity contribution >= 4 is 13.5 Å². The summed E-state index contributed by atoms with van der Waals surface area (Å²) in [7, 11) is 0.294. The van der Waals surface area contributed by atoms with Gasteiger partial charge in [-0.2, -0.15) is 0 Å². The number of aromatic amines is 1. The van der Waals surface area contributed by atoms with Crippen LogP contribution in [0.2, 0.25) is 0 Å². The quantitative estimate of drug-likeness (QED) is 0.279. The normalized spacial score (nSPS) is 23.2. The molecule has 1 aromatic heterocycles. The topological polar surface area (TPSA) is 161 Å². The summed E-state index contributed by atoms with van der Waals surface area (Å²) in [6, 6.07) is 0. The number of hydrogen-bond acceptors (Lipinski definition) is 10. The van der Waals surface area contributed by atoms with Crippen LogP contribution in [0.15, 0.2) is 15.8 Å². The highest BCUT2D eigenvalue weighted by Crippen LogP contribution is 2.51. The Labute approximate surface area is 210 Å². The van der Waals surface area contributed by atoms with Crippen molar-refractivity contribution in [1.29, 1.82) is 0 Å². The summed E-state index contributed by atoms with van der Waals surface area (Å²) >= 11 is 0. The molecule has 5 atom stereocenters. The third kappa shape index (κ3) is 8.07. The SMILES string of the molecule is CCOP(=O)(C[C@H](C)C1O[C@H](n2cc(C)c(=O)[nH]c2=O)[C@H](OCC(=O)NCCN(C)C)[C@@H]1O)OCC. The van der Waals surface area contributed by atoms with Crippen LogP contribution in [0, 0.1) is 12.8 Å². The van der Waals surface area contributed by atoms with E-state index in [1.54, 1.807) is 20.8 Å². The Morgan fingerprint density at radius 2 is 1.94 bits per heavy atom. The van der Waals surface area contributed by atoms with Gasteiger partial charge in [-0.1, -0.05) is 6.92 Å². The van der Waals surface area contributed by atoms with Gasteiger partial charge >= 0.3 is 13.3 Å². The molecule has 1 aliphatic rings. The van der Waals surface area contributed by atoms with Gasteiger partial charge in [0.1, 0.15) is 18.8 Å². The number of H-pyrrole nitrogens is 1. The number of aromatic nitrogens is 2. The van der Waals surface area contributed by atoms with Gasteiger partial charge in [0.15, 0.2) is 6.23 Å². The zero-order valence-corrected chi connectivity index (χ0v) is 22.7. The van der Waals surface area contributed by atoms with Crippen molar-refractivity contribution in [3.8, 4) is 0 Å². The number of rotatable bonds is 14. The van der Waals surface area contributed by atoms with Crippen molar-refractivity contribution in [3.05, 3.63) is 32.6 Å². The summed E-state index contributed by atoms with van der Waals surface area (Å²) in [5.41, 5.74) is -1.05. The number of aliphatic hydroxyl groups excluding tert-OH is 1. The number of ether oxygens (including phenoxy) is 2. The lowest BCUT2D eigenvalue weighted by Gasteiger charge is -2.26. The zero-order valence-electron chi connectivity index (χ0n) is 21.8. The fourth-order valence-electron chi connectivity index (χ4n) is 3.96. The first-order chi connectivity index (χ1) is 16.9. The van der Waals surface area contributed by atoms with Crippen LogP contribution < -0.4 is 16.6 Å². The molecule has 2 heterocycles. The Bertz CT molecular complexity index is 1020. The molecule has 1 unspecified atom stereocenters. The average Bonchev–Trinajstić information content (AvgIpc) is 3.10. The van der Waals surface area contributed by atoms with Gasteiger partial charge in [-0.15, -0.1) is 0 Å². The monoisotopic (exact) mass is 534 g/mol. The van der Waals surface area contributed by atoms with Gasteiger partial charge in [0.25, 0.3) is 5.56 Å². The molecule has 206 valence electrons. The number of nitrogens with zero attached hydrogens (tertiary/aromatic N) is 2. The Morgan fingerprint density at radius 3 is 2.53 bits per heavy atom. The predicted octanol–water partition coefficient (Wildman–Crippen LogP) is 0.0685. The van der Waals surface area contributed by atoms with Gasteiger partial charge in [0.2, 0.25) is 5.91 Å². The standard InChI is InChI=1S/C22H39N4O9P/c1-7-33-36(31,34-8-2)13-15(4)18-17(28)19(32-12-16(27)23-9-10-25(5)6)21(35-18)26-11-14(3)20(29)24-22(26)30/h11,15,17-19,21,28H,7-10,12-13H2,1-6H3,(H,23,27)(H,24,29,30)/t15-,17+,18?,19+,21-/m0/s1. The first kappa shape index (κ1) is 30.4. The first-order valence-corrected chi connectivity index (χ1v) is 13.7. The summed E-state index contributed by atoms with van der Waals surface area (Å²) in [6.45, 7) is 7.66. The molecule has 1 aromatic rings. The molecule has 1 saturated heterocycles. The number of amides is 1. The van der Waals surface area contributed by atoms with Gasteiger partial charge in [-0.3, -0.25) is 23.7 Å². The highest BCUT2D eigenvalue weighted by molar-refractivity contribution is 7.53. The minimum atomic E-state index is -3.46. The Hall–Kier alpha value is -1.86. The van der Waals surface area contributed by atoms with E-state index >= 15 is 0 Å². The number of carbonyl (C=O) groups excluding carboxylic acids is 1. The summed E-state index contributed by atoms with van der Waals surface area (Å²) in [5, 5.41) is 13.9. The summed E-state index contributed by atoms with van der Waals surface area (Å²) in [5.74, 6) is -0.935. The van der Waals surface area contributed by atoms with Gasteiger partial charge in [-0.25, -0.2) is 4.79 Å². The molecule has 3 N–H and O–H groups in total. The molecule has 0 radical (unpaired) electrons. The molecular formula is C22H39N4O9P. The van der Waals surface area contributed by atoms with Crippen LogP contribution >= 0.6 is 7.60 Å². The largest absolute Gasteiger partial charge is 0.387 e. The van der Waals surface area contributed by atoms with Crippen LogP contribution in [0.4, 0.5) is 0 Å². The molecule has 2 rings (SSSR count). The van der Waals surface area contributed by atoms with Gasteiger partial charge in [0.05, 0.1) is 25.5 Å². The van der Waals surface area contributed by atoms with E-state index in [1.165, 1.54) is 13.1 Å². The van der Waals surface area contributed by atoms with Crippen LogP contribution in [0.25, 0.3) is 0 Å². The van der Waals surface area contributed by atoms with Crippen molar-refractivity contribution < 1.29 is 33.0 Å². The fraction of sp³-hybridized carbons (Fsp3) is 0.773. The lowest BCUT2D eigenvalue weighted by atomic mass is 10.00. The number of hydrogen-bond donors (Lipinski definition) is 3. The van der Waals surface area contributed by atoms with E-state index in [4.69, 9.17) is 18.5 Å².